The maximum Gasteiger partial charge on any atom is 0.313 e. The molecule has 498 valence electrons. The van der Waals surface area contributed by atoms with Crippen LogP contribution in [0.3, 0.4) is 0 Å². The van der Waals surface area contributed by atoms with Crippen LogP contribution in [-0.2, 0) is 0 Å². The fourth-order valence-electron chi connectivity index (χ4n) is 10.5. The van der Waals surface area contributed by atoms with E-state index in [4.69, 9.17) is 28.4 Å². The first-order valence-electron chi connectivity index (χ1n) is 31.1. The lowest BCUT2D eigenvalue weighted by atomic mass is 10.2. The summed E-state index contributed by atoms with van der Waals surface area (Å²) in [6.07, 6.45) is 1.82. The van der Waals surface area contributed by atoms with Crippen molar-refractivity contribution in [3.63, 3.8) is 0 Å². The highest BCUT2D eigenvalue weighted by Gasteiger charge is 2.34. The standard InChI is InChI=1S/C66H90N15O12/c1-73-31-33-74(2)35-40-79(4,37-10-46-91-64-28-19-55(49-61(64)76(82)83)70-67-52-13-22-58(88-7)23-14-52)42-44-81(6,39-12-48-93-66-30-21-57(51-63(66)78(86)87)72-69-54-17-26-60(90-9)27-18-54)45-43-80(5,41-36-75(3)34-32-73)38-11-47-92-65-29-20-56(50-62(65)77(84)85)71-68-53-15-24-59(89-8)25-16-53/h13-30,49-51H,10-12,31-48H2,1-9H3/q+3. The van der Waals surface area contributed by atoms with Gasteiger partial charge in [-0.25, -0.2) is 0 Å². The van der Waals surface area contributed by atoms with Gasteiger partial charge in [-0.2, -0.15) is 30.7 Å². The van der Waals surface area contributed by atoms with E-state index < -0.39 is 14.8 Å². The van der Waals surface area contributed by atoms with E-state index in [1.807, 2.05) is 0 Å². The Kier molecular flexibility index (Phi) is 26.9. The molecule has 2 atom stereocenters. The molecule has 1 saturated heterocycles. The number of hydrogen-bond acceptors (Lipinski definition) is 21. The molecular formula is C66H90N15O12+3. The highest BCUT2D eigenvalue weighted by atomic mass is 16.6. The van der Waals surface area contributed by atoms with E-state index in [-0.39, 0.29) is 54.1 Å². The number of ether oxygens (including phenoxy) is 6. The maximum absolute atomic E-state index is 12.5. The van der Waals surface area contributed by atoms with Crippen molar-refractivity contribution in [1.29, 1.82) is 0 Å². The molecule has 27 heteroatoms. The minimum atomic E-state index is -0.474. The van der Waals surface area contributed by atoms with Crippen molar-refractivity contribution in [2.24, 2.45) is 30.7 Å². The van der Waals surface area contributed by atoms with E-state index in [0.29, 0.717) is 90.6 Å². The molecule has 0 spiro atoms. The molecule has 1 aliphatic rings. The van der Waals surface area contributed by atoms with Crippen LogP contribution < -0.4 is 28.4 Å². The predicted molar refractivity (Wildman–Crippen MR) is 356 cm³/mol. The zero-order valence-corrected chi connectivity index (χ0v) is 55.1. The number of benzene rings is 6. The lowest BCUT2D eigenvalue weighted by Gasteiger charge is -2.43. The van der Waals surface area contributed by atoms with Gasteiger partial charge >= 0.3 is 17.1 Å². The third kappa shape index (κ3) is 23.2. The molecule has 0 bridgehead atoms. The van der Waals surface area contributed by atoms with Crippen molar-refractivity contribution in [1.82, 2.24) is 14.7 Å². The largest absolute Gasteiger partial charge is 0.497 e. The van der Waals surface area contributed by atoms with Crippen molar-refractivity contribution >= 4 is 51.2 Å². The molecule has 0 amide bonds. The van der Waals surface area contributed by atoms with Crippen molar-refractivity contribution in [3.8, 4) is 34.5 Å². The molecule has 1 fully saturated rings. The van der Waals surface area contributed by atoms with Gasteiger partial charge in [0.15, 0.2) is 17.2 Å². The van der Waals surface area contributed by atoms with Gasteiger partial charge in [0.2, 0.25) is 0 Å². The van der Waals surface area contributed by atoms with Crippen LogP contribution in [0.1, 0.15) is 19.3 Å². The number of nitrogens with zero attached hydrogens (tertiary/aromatic N) is 15. The highest BCUT2D eigenvalue weighted by Crippen LogP contribution is 2.36. The molecule has 0 aliphatic carbocycles. The van der Waals surface area contributed by atoms with Gasteiger partial charge in [-0.3, -0.25) is 40.1 Å². The predicted octanol–water partition coefficient (Wildman–Crippen LogP) is 12.5. The van der Waals surface area contributed by atoms with Gasteiger partial charge in [0, 0.05) is 76.7 Å². The summed E-state index contributed by atoms with van der Waals surface area (Å²) in [7, 11) is 18.0. The third-order valence-electron chi connectivity index (χ3n) is 16.9. The average molecular weight is 1290 g/mol. The summed E-state index contributed by atoms with van der Waals surface area (Å²) in [5.41, 5.74) is 2.00. The summed E-state index contributed by atoms with van der Waals surface area (Å²) in [5, 5.41) is 62.7. The molecular weight excluding hydrogens is 1190 g/mol. The van der Waals surface area contributed by atoms with Gasteiger partial charge in [-0.05, 0) is 130 Å². The van der Waals surface area contributed by atoms with Crippen LogP contribution in [0.2, 0.25) is 0 Å². The Morgan fingerprint density at radius 2 is 0.602 bits per heavy atom. The molecule has 6 aromatic carbocycles. The topological polar surface area (TPSA) is 269 Å². The minimum absolute atomic E-state index is 0.135. The monoisotopic (exact) mass is 1280 g/mol. The van der Waals surface area contributed by atoms with Gasteiger partial charge in [0.05, 0.1) is 144 Å². The Morgan fingerprint density at radius 3 is 0.860 bits per heavy atom. The number of quaternary nitrogens is 3. The van der Waals surface area contributed by atoms with Gasteiger partial charge in [0.25, 0.3) is 0 Å². The van der Waals surface area contributed by atoms with Crippen molar-refractivity contribution < 1.29 is 56.6 Å². The van der Waals surface area contributed by atoms with Gasteiger partial charge in [-0.1, -0.05) is 0 Å². The van der Waals surface area contributed by atoms with E-state index in [2.05, 4.69) is 87.7 Å². The number of likely N-dealkylation sites (N-methyl/N-ethyl adjacent to an activating group) is 6. The lowest BCUT2D eigenvalue weighted by molar-refractivity contribution is -0.985. The Morgan fingerprint density at radius 1 is 0.366 bits per heavy atom. The second-order valence-electron chi connectivity index (χ2n) is 24.3. The smallest absolute Gasteiger partial charge is 0.313 e. The molecule has 1 aliphatic heterocycles. The van der Waals surface area contributed by atoms with Crippen LogP contribution in [0, 0.1) is 30.3 Å². The number of nitro groups is 3. The fraction of sp³-hybridized carbons (Fsp3) is 0.455. The average Bonchev–Trinajstić information content (AvgIpc) is 1.22. The van der Waals surface area contributed by atoms with E-state index in [1.54, 1.807) is 131 Å². The Hall–Kier alpha value is -9.12. The van der Waals surface area contributed by atoms with Crippen LogP contribution in [0.5, 0.6) is 34.5 Å². The second kappa shape index (κ2) is 35.1. The van der Waals surface area contributed by atoms with Crippen LogP contribution in [-0.4, -0.2) is 225 Å². The number of methoxy groups -OCH3 is 3. The van der Waals surface area contributed by atoms with Crippen molar-refractivity contribution in [3.05, 3.63) is 158 Å². The van der Waals surface area contributed by atoms with Crippen LogP contribution >= 0.6 is 0 Å². The summed E-state index contributed by atoms with van der Waals surface area (Å²) in [6, 6.07) is 34.7. The molecule has 0 saturated carbocycles. The first-order chi connectivity index (χ1) is 44.6. The Balaban J connectivity index is 1.09. The SMILES string of the molecule is COc1ccc(N=Nc2ccc(OCCC[N+]3(C)CCN(C)CCN(C)CCN(C)CC[N+](C)(CCCOc4ccc(N=Nc5ccc(OC)cc5)cc4[N+](=O)[O-])CC[N+](C)(CCCOc4ccc(N=Nc5ccc(OC)cc5)cc4[N+](=O)[O-])CC3)c([N+](=O)[O-])c2)cc1. The third-order valence-corrected chi connectivity index (χ3v) is 16.9. The fourth-order valence-corrected chi connectivity index (χ4v) is 10.5. The van der Waals surface area contributed by atoms with Crippen LogP contribution in [0.4, 0.5) is 51.2 Å². The molecule has 0 aromatic heterocycles. The second-order valence-corrected chi connectivity index (χ2v) is 24.3. The van der Waals surface area contributed by atoms with Gasteiger partial charge in [-0.15, -0.1) is 0 Å². The summed E-state index contributed by atoms with van der Waals surface area (Å²) in [4.78, 5) is 43.0. The zero-order chi connectivity index (χ0) is 66.8. The number of nitro benzene ring substituents is 3. The van der Waals surface area contributed by atoms with Gasteiger partial charge in [0.1, 0.15) is 43.4 Å². The highest BCUT2D eigenvalue weighted by molar-refractivity contribution is 5.58. The Bertz CT molecular complexity index is 3310. The van der Waals surface area contributed by atoms with Gasteiger partial charge < -0.3 is 46.8 Å². The van der Waals surface area contributed by atoms with E-state index in [9.17, 15) is 30.3 Å². The first-order valence-corrected chi connectivity index (χ1v) is 31.1. The zero-order valence-electron chi connectivity index (χ0n) is 55.1. The minimum Gasteiger partial charge on any atom is -0.497 e. The lowest BCUT2D eigenvalue weighted by Crippen LogP contribution is -2.60. The van der Waals surface area contributed by atoms with Crippen molar-refractivity contribution in [2.75, 3.05) is 182 Å². The first kappa shape index (κ1) is 71.3. The number of azo groups is 3. The van der Waals surface area contributed by atoms with Crippen LogP contribution in [0.15, 0.2) is 158 Å². The van der Waals surface area contributed by atoms with E-state index >= 15 is 0 Å². The summed E-state index contributed by atoms with van der Waals surface area (Å²) in [5.74, 6) is 2.45. The molecule has 7 rings (SSSR count). The number of rotatable bonds is 27. The quantitative estimate of drug-likeness (QED) is 0.0152. The summed E-state index contributed by atoms with van der Waals surface area (Å²) >= 11 is 0. The molecule has 6 aromatic rings. The Labute approximate surface area is 544 Å². The van der Waals surface area contributed by atoms with E-state index in [1.165, 1.54) is 18.2 Å². The summed E-state index contributed by atoms with van der Waals surface area (Å²) in [6.45, 7) is 12.9. The van der Waals surface area contributed by atoms with Crippen molar-refractivity contribution in [2.45, 2.75) is 19.3 Å². The molecule has 0 radical (unpaired) electrons. The molecule has 0 N–H and O–H groups in total. The summed E-state index contributed by atoms with van der Waals surface area (Å²) < 4.78 is 36.4. The maximum atomic E-state index is 12.5. The van der Waals surface area contributed by atoms with E-state index in [0.717, 1.165) is 91.6 Å². The molecule has 2 unspecified atom stereocenters. The molecule has 1 heterocycles. The normalized spacial score (nSPS) is 19.5. The molecule has 93 heavy (non-hydrogen) atoms. The number of hydrogen-bond donors (Lipinski definition) is 0. The molecule has 27 nitrogen and oxygen atoms in total. The van der Waals surface area contributed by atoms with Crippen LogP contribution in [0.25, 0.3) is 0 Å².